The van der Waals surface area contributed by atoms with Crippen molar-refractivity contribution in [1.82, 2.24) is 15.1 Å². The second kappa shape index (κ2) is 7.74. The maximum absolute atomic E-state index is 12.6. The van der Waals surface area contributed by atoms with Crippen LogP contribution in [-0.2, 0) is 4.79 Å². The van der Waals surface area contributed by atoms with Crippen molar-refractivity contribution in [3.63, 3.8) is 0 Å². The molecular weight excluding hydrogens is 322 g/mol. The minimum Gasteiger partial charge on any atom is -0.481 e. The number of carbonyl (C=O) groups is 2. The van der Waals surface area contributed by atoms with Crippen LogP contribution in [0.5, 0.6) is 0 Å². The van der Waals surface area contributed by atoms with E-state index in [1.54, 1.807) is 24.3 Å². The normalized spacial score (nSPS) is 11.1. The van der Waals surface area contributed by atoms with E-state index in [0.717, 1.165) is 4.68 Å². The van der Waals surface area contributed by atoms with E-state index < -0.39 is 17.4 Å². The maximum Gasteiger partial charge on any atom is 0.305 e. The van der Waals surface area contributed by atoms with Gasteiger partial charge in [0.1, 0.15) is 5.69 Å². The molecule has 0 atom stereocenters. The summed E-state index contributed by atoms with van der Waals surface area (Å²) >= 11 is 0. The van der Waals surface area contributed by atoms with E-state index in [0.29, 0.717) is 18.5 Å². The topological polar surface area (TPSA) is 101 Å². The Kier molecular flexibility index (Phi) is 5.69. The Morgan fingerprint density at radius 3 is 2.32 bits per heavy atom. The van der Waals surface area contributed by atoms with Crippen LogP contribution in [0.25, 0.3) is 5.69 Å². The van der Waals surface area contributed by atoms with Crippen LogP contribution < -0.4 is 10.9 Å². The number of nitrogens with one attached hydrogen (secondary N) is 1. The van der Waals surface area contributed by atoms with Gasteiger partial charge in [-0.2, -0.15) is 9.78 Å². The molecule has 2 N–H and O–H groups in total. The lowest BCUT2D eigenvalue weighted by atomic mass is 9.89. The van der Waals surface area contributed by atoms with Gasteiger partial charge in [-0.15, -0.1) is 0 Å². The second-order valence-corrected chi connectivity index (χ2v) is 5.82. The van der Waals surface area contributed by atoms with Crippen molar-refractivity contribution >= 4 is 11.9 Å². The summed E-state index contributed by atoms with van der Waals surface area (Å²) in [5, 5.41) is 16.0. The molecule has 2 rings (SSSR count). The van der Waals surface area contributed by atoms with E-state index in [2.05, 4.69) is 10.4 Å². The second-order valence-electron chi connectivity index (χ2n) is 5.82. The molecule has 0 bridgehead atoms. The zero-order chi connectivity index (χ0) is 18.4. The van der Waals surface area contributed by atoms with Crippen molar-refractivity contribution in [3.05, 3.63) is 58.5 Å². The molecule has 0 unspecified atom stereocenters. The van der Waals surface area contributed by atoms with Crippen LogP contribution in [0.1, 0.15) is 43.6 Å². The number of aromatic nitrogens is 2. The summed E-state index contributed by atoms with van der Waals surface area (Å²) in [6, 6.07) is 11.4. The number of aliphatic carboxylic acids is 1. The molecule has 1 aromatic carbocycles. The van der Waals surface area contributed by atoms with Crippen molar-refractivity contribution < 1.29 is 14.7 Å². The first-order valence-corrected chi connectivity index (χ1v) is 8.11. The van der Waals surface area contributed by atoms with Crippen LogP contribution in [0.15, 0.2) is 47.3 Å². The molecule has 2 aromatic rings. The summed E-state index contributed by atoms with van der Waals surface area (Å²) < 4.78 is 1.14. The van der Waals surface area contributed by atoms with E-state index in [4.69, 9.17) is 5.11 Å². The lowest BCUT2D eigenvalue weighted by Gasteiger charge is -2.31. The summed E-state index contributed by atoms with van der Waals surface area (Å²) in [5.41, 5.74) is -0.603. The van der Waals surface area contributed by atoms with Crippen molar-refractivity contribution in [3.8, 4) is 5.69 Å². The van der Waals surface area contributed by atoms with Crippen LogP contribution in [0.2, 0.25) is 0 Å². The van der Waals surface area contributed by atoms with E-state index in [-0.39, 0.29) is 17.7 Å². The van der Waals surface area contributed by atoms with Gasteiger partial charge in [-0.05, 0) is 31.0 Å². The molecule has 7 heteroatoms. The SMILES string of the molecule is CCC(CC)(CC(=O)O)NC(=O)c1ccc(=O)n(-c2ccccc2)n1. The molecule has 0 radical (unpaired) electrons. The number of nitrogens with zero attached hydrogens (tertiary/aromatic N) is 2. The standard InChI is InChI=1S/C18H21N3O4/c1-3-18(4-2,12-16(23)24)19-17(25)14-10-11-15(22)21(20-14)13-8-6-5-7-9-13/h5-11H,3-4,12H2,1-2H3,(H,19,25)(H,23,24). The number of hydrogen-bond acceptors (Lipinski definition) is 4. The number of carboxylic acid groups (broad SMARTS) is 1. The lowest BCUT2D eigenvalue weighted by Crippen LogP contribution is -2.49. The largest absolute Gasteiger partial charge is 0.481 e. The Hall–Kier alpha value is -2.96. The van der Waals surface area contributed by atoms with E-state index >= 15 is 0 Å². The fraction of sp³-hybridized carbons (Fsp3) is 0.333. The summed E-state index contributed by atoms with van der Waals surface area (Å²) in [4.78, 5) is 35.7. The van der Waals surface area contributed by atoms with E-state index in [1.165, 1.54) is 12.1 Å². The molecule has 0 saturated heterocycles. The third-order valence-electron chi connectivity index (χ3n) is 4.26. The summed E-state index contributed by atoms with van der Waals surface area (Å²) in [5.74, 6) is -1.49. The molecule has 0 spiro atoms. The minimum absolute atomic E-state index is 0.0557. The molecule has 0 aliphatic heterocycles. The first kappa shape index (κ1) is 18.4. The zero-order valence-corrected chi connectivity index (χ0v) is 14.2. The van der Waals surface area contributed by atoms with Gasteiger partial charge >= 0.3 is 5.97 Å². The Balaban J connectivity index is 2.34. The summed E-state index contributed by atoms with van der Waals surface area (Å²) in [6.07, 6.45) is 0.768. The highest BCUT2D eigenvalue weighted by Crippen LogP contribution is 2.20. The highest BCUT2D eigenvalue weighted by atomic mass is 16.4. The number of amides is 1. The first-order valence-electron chi connectivity index (χ1n) is 8.11. The van der Waals surface area contributed by atoms with Gasteiger partial charge in [-0.1, -0.05) is 32.0 Å². The van der Waals surface area contributed by atoms with Gasteiger partial charge in [-0.25, -0.2) is 0 Å². The number of rotatable bonds is 7. The van der Waals surface area contributed by atoms with Crippen molar-refractivity contribution in [1.29, 1.82) is 0 Å². The van der Waals surface area contributed by atoms with Gasteiger partial charge in [0, 0.05) is 6.07 Å². The quantitative estimate of drug-likeness (QED) is 0.800. The lowest BCUT2D eigenvalue weighted by molar-refractivity contribution is -0.138. The predicted octanol–water partition coefficient (Wildman–Crippen LogP) is 2.00. The molecule has 1 heterocycles. The van der Waals surface area contributed by atoms with Crippen LogP contribution in [0, 0.1) is 0 Å². The number of carbonyl (C=O) groups excluding carboxylic acids is 1. The number of hydrogen-bond donors (Lipinski definition) is 2. The molecule has 132 valence electrons. The van der Waals surface area contributed by atoms with Gasteiger partial charge in [0.15, 0.2) is 0 Å². The molecule has 0 fully saturated rings. The van der Waals surface area contributed by atoms with Crippen molar-refractivity contribution in [2.45, 2.75) is 38.6 Å². The molecule has 1 amide bonds. The summed E-state index contributed by atoms with van der Waals surface area (Å²) in [7, 11) is 0. The minimum atomic E-state index is -0.980. The number of para-hydroxylation sites is 1. The molecule has 0 aliphatic rings. The van der Waals surface area contributed by atoms with E-state index in [1.807, 2.05) is 19.9 Å². The average Bonchev–Trinajstić information content (AvgIpc) is 2.61. The van der Waals surface area contributed by atoms with Crippen LogP contribution in [0.4, 0.5) is 0 Å². The van der Waals surface area contributed by atoms with Crippen molar-refractivity contribution in [2.75, 3.05) is 0 Å². The van der Waals surface area contributed by atoms with Gasteiger partial charge in [0.25, 0.3) is 11.5 Å². The maximum atomic E-state index is 12.6. The Morgan fingerprint density at radius 1 is 1.12 bits per heavy atom. The molecule has 25 heavy (non-hydrogen) atoms. The van der Waals surface area contributed by atoms with Gasteiger partial charge < -0.3 is 10.4 Å². The van der Waals surface area contributed by atoms with E-state index in [9.17, 15) is 14.4 Å². The first-order chi connectivity index (χ1) is 11.9. The Bertz CT molecular complexity index is 811. The Labute approximate surface area is 145 Å². The smallest absolute Gasteiger partial charge is 0.305 e. The molecule has 7 nitrogen and oxygen atoms in total. The molecule has 0 aliphatic carbocycles. The predicted molar refractivity (Wildman–Crippen MR) is 92.9 cm³/mol. The van der Waals surface area contributed by atoms with Crippen LogP contribution in [0.3, 0.4) is 0 Å². The molecule has 1 aromatic heterocycles. The third-order valence-corrected chi connectivity index (χ3v) is 4.26. The zero-order valence-electron chi connectivity index (χ0n) is 14.2. The van der Waals surface area contributed by atoms with Gasteiger partial charge in [0.05, 0.1) is 17.6 Å². The highest BCUT2D eigenvalue weighted by Gasteiger charge is 2.31. The van der Waals surface area contributed by atoms with Gasteiger partial charge in [-0.3, -0.25) is 14.4 Å². The Morgan fingerprint density at radius 2 is 1.76 bits per heavy atom. The fourth-order valence-electron chi connectivity index (χ4n) is 2.60. The number of benzene rings is 1. The number of carboxylic acids is 1. The monoisotopic (exact) mass is 343 g/mol. The summed E-state index contributed by atoms with van der Waals surface area (Å²) in [6.45, 7) is 3.65. The van der Waals surface area contributed by atoms with Crippen LogP contribution >= 0.6 is 0 Å². The molecule has 0 saturated carbocycles. The van der Waals surface area contributed by atoms with Crippen LogP contribution in [-0.4, -0.2) is 32.3 Å². The average molecular weight is 343 g/mol. The van der Waals surface area contributed by atoms with Gasteiger partial charge in [0.2, 0.25) is 0 Å². The fourth-order valence-corrected chi connectivity index (χ4v) is 2.60. The molecular formula is C18H21N3O4. The third kappa shape index (κ3) is 4.32. The van der Waals surface area contributed by atoms with Crippen molar-refractivity contribution in [2.24, 2.45) is 0 Å². The highest BCUT2D eigenvalue weighted by molar-refractivity contribution is 5.93.